The normalized spacial score (nSPS) is 14.0. The third-order valence-electron chi connectivity index (χ3n) is 6.07. The number of rotatable bonds is 9. The van der Waals surface area contributed by atoms with E-state index in [1.54, 1.807) is 7.11 Å². The Hall–Kier alpha value is -2.85. The van der Waals surface area contributed by atoms with Gasteiger partial charge in [0.25, 0.3) is 0 Å². The zero-order chi connectivity index (χ0) is 21.5. The van der Waals surface area contributed by atoms with Crippen molar-refractivity contribution in [3.05, 3.63) is 77.5 Å². The molecule has 1 aliphatic carbocycles. The van der Waals surface area contributed by atoms with Crippen LogP contribution in [0.3, 0.4) is 0 Å². The Bertz CT molecular complexity index is 981. The monoisotopic (exact) mass is 417 g/mol. The maximum atomic E-state index is 9.61. The van der Waals surface area contributed by atoms with Gasteiger partial charge in [-0.3, -0.25) is 4.98 Å². The molecule has 4 nitrogen and oxygen atoms in total. The van der Waals surface area contributed by atoms with Crippen LogP contribution in [0.25, 0.3) is 11.3 Å². The Morgan fingerprint density at radius 2 is 1.74 bits per heavy atom. The predicted octanol–water partition coefficient (Wildman–Crippen LogP) is 5.40. The molecule has 0 saturated heterocycles. The molecule has 1 aliphatic rings. The number of aliphatic hydroxyl groups is 1. The standard InChI is InChI=1S/C27H31NO3/c1-30-25-14-12-22(19-26(25)31-23-9-5-6-10-23)27-24(21(16-18-29)15-17-28-27)13-11-20-7-3-2-4-8-20/h2-4,7-8,12,14-15,17,19,23,29H,5-6,9-11,13,16,18H2,1H3. The van der Waals surface area contributed by atoms with E-state index in [0.29, 0.717) is 6.42 Å². The molecule has 0 radical (unpaired) electrons. The van der Waals surface area contributed by atoms with Crippen LogP contribution in [-0.2, 0) is 19.3 Å². The number of aryl methyl sites for hydroxylation is 1. The lowest BCUT2D eigenvalue weighted by Gasteiger charge is -2.18. The van der Waals surface area contributed by atoms with Crippen molar-refractivity contribution in [2.45, 2.75) is 51.0 Å². The van der Waals surface area contributed by atoms with Crippen LogP contribution in [0.2, 0.25) is 0 Å². The first kappa shape index (κ1) is 21.4. The van der Waals surface area contributed by atoms with Crippen LogP contribution in [-0.4, -0.2) is 29.9 Å². The maximum Gasteiger partial charge on any atom is 0.162 e. The summed E-state index contributed by atoms with van der Waals surface area (Å²) in [4.78, 5) is 4.75. The number of aromatic nitrogens is 1. The number of hydrogen-bond acceptors (Lipinski definition) is 4. The Labute approximate surface area is 184 Å². The summed E-state index contributed by atoms with van der Waals surface area (Å²) >= 11 is 0. The number of nitrogens with zero attached hydrogens (tertiary/aromatic N) is 1. The van der Waals surface area contributed by atoms with Crippen molar-refractivity contribution in [1.29, 1.82) is 0 Å². The third-order valence-corrected chi connectivity index (χ3v) is 6.07. The van der Waals surface area contributed by atoms with E-state index in [9.17, 15) is 5.11 Å². The number of hydrogen-bond donors (Lipinski definition) is 1. The highest BCUT2D eigenvalue weighted by molar-refractivity contribution is 5.68. The van der Waals surface area contributed by atoms with Crippen molar-refractivity contribution in [1.82, 2.24) is 4.98 Å². The fourth-order valence-corrected chi connectivity index (χ4v) is 4.43. The zero-order valence-corrected chi connectivity index (χ0v) is 18.2. The maximum absolute atomic E-state index is 9.61. The van der Waals surface area contributed by atoms with Gasteiger partial charge in [0.1, 0.15) is 0 Å². The van der Waals surface area contributed by atoms with Crippen molar-refractivity contribution in [3.63, 3.8) is 0 Å². The van der Waals surface area contributed by atoms with Crippen LogP contribution < -0.4 is 9.47 Å². The van der Waals surface area contributed by atoms with Gasteiger partial charge >= 0.3 is 0 Å². The van der Waals surface area contributed by atoms with Gasteiger partial charge in [-0.05, 0) is 85.9 Å². The summed E-state index contributed by atoms with van der Waals surface area (Å²) in [5, 5.41) is 9.61. The molecule has 1 saturated carbocycles. The molecular formula is C27H31NO3. The van der Waals surface area contributed by atoms with Gasteiger partial charge in [0.05, 0.1) is 18.9 Å². The Morgan fingerprint density at radius 3 is 2.48 bits per heavy atom. The van der Waals surface area contributed by atoms with E-state index in [4.69, 9.17) is 14.5 Å². The number of methoxy groups -OCH3 is 1. The second-order valence-corrected chi connectivity index (χ2v) is 8.15. The average molecular weight is 418 g/mol. The minimum absolute atomic E-state index is 0.125. The van der Waals surface area contributed by atoms with E-state index in [2.05, 4.69) is 36.4 Å². The molecule has 0 unspecified atom stereocenters. The van der Waals surface area contributed by atoms with Crippen molar-refractivity contribution in [3.8, 4) is 22.8 Å². The van der Waals surface area contributed by atoms with Crippen LogP contribution in [0.1, 0.15) is 42.4 Å². The molecule has 1 aromatic heterocycles. The molecule has 0 atom stereocenters. The minimum atomic E-state index is 0.125. The Morgan fingerprint density at radius 1 is 0.935 bits per heavy atom. The van der Waals surface area contributed by atoms with Gasteiger partial charge in [0.2, 0.25) is 0 Å². The highest BCUT2D eigenvalue weighted by Crippen LogP contribution is 2.36. The van der Waals surface area contributed by atoms with Crippen molar-refractivity contribution >= 4 is 0 Å². The first-order valence-corrected chi connectivity index (χ1v) is 11.2. The van der Waals surface area contributed by atoms with Gasteiger partial charge in [0.15, 0.2) is 11.5 Å². The summed E-state index contributed by atoms with van der Waals surface area (Å²) in [6, 6.07) is 18.6. The van der Waals surface area contributed by atoms with E-state index >= 15 is 0 Å². The van der Waals surface area contributed by atoms with E-state index in [1.807, 2.05) is 24.4 Å². The molecule has 1 N–H and O–H groups in total. The van der Waals surface area contributed by atoms with E-state index < -0.39 is 0 Å². The fourth-order valence-electron chi connectivity index (χ4n) is 4.43. The topological polar surface area (TPSA) is 51.6 Å². The Balaban J connectivity index is 1.68. The lowest BCUT2D eigenvalue weighted by atomic mass is 9.94. The second-order valence-electron chi connectivity index (χ2n) is 8.15. The smallest absolute Gasteiger partial charge is 0.162 e. The summed E-state index contributed by atoms with van der Waals surface area (Å²) in [6.45, 7) is 0.125. The first-order valence-electron chi connectivity index (χ1n) is 11.2. The largest absolute Gasteiger partial charge is 0.493 e. The number of ether oxygens (including phenoxy) is 2. The van der Waals surface area contributed by atoms with Crippen LogP contribution in [0, 0.1) is 0 Å². The molecule has 0 aliphatic heterocycles. The lowest BCUT2D eigenvalue weighted by Crippen LogP contribution is -2.11. The van der Waals surface area contributed by atoms with Crippen LogP contribution >= 0.6 is 0 Å². The molecule has 1 heterocycles. The lowest BCUT2D eigenvalue weighted by molar-refractivity contribution is 0.201. The molecule has 0 spiro atoms. The first-order chi connectivity index (χ1) is 15.3. The average Bonchev–Trinajstić information content (AvgIpc) is 3.32. The van der Waals surface area contributed by atoms with E-state index in [-0.39, 0.29) is 12.7 Å². The molecule has 31 heavy (non-hydrogen) atoms. The third kappa shape index (κ3) is 5.26. The van der Waals surface area contributed by atoms with Crippen molar-refractivity contribution in [2.75, 3.05) is 13.7 Å². The van der Waals surface area contributed by atoms with E-state index in [0.717, 1.165) is 54.0 Å². The summed E-state index contributed by atoms with van der Waals surface area (Å²) in [7, 11) is 1.68. The zero-order valence-electron chi connectivity index (χ0n) is 18.2. The highest BCUT2D eigenvalue weighted by Gasteiger charge is 2.20. The molecular weight excluding hydrogens is 386 g/mol. The fraction of sp³-hybridized carbons (Fsp3) is 0.370. The number of aliphatic hydroxyl groups excluding tert-OH is 1. The van der Waals surface area contributed by atoms with E-state index in [1.165, 1.54) is 24.0 Å². The molecule has 0 bridgehead atoms. The summed E-state index contributed by atoms with van der Waals surface area (Å²) in [5.41, 5.74) is 5.62. The second kappa shape index (κ2) is 10.5. The molecule has 162 valence electrons. The van der Waals surface area contributed by atoms with Gasteiger partial charge < -0.3 is 14.6 Å². The van der Waals surface area contributed by atoms with Gasteiger partial charge in [0, 0.05) is 18.4 Å². The Kier molecular flexibility index (Phi) is 7.21. The van der Waals surface area contributed by atoms with Crippen molar-refractivity contribution in [2.24, 2.45) is 0 Å². The summed E-state index contributed by atoms with van der Waals surface area (Å²) in [5.74, 6) is 1.54. The van der Waals surface area contributed by atoms with Crippen LogP contribution in [0.15, 0.2) is 60.8 Å². The molecule has 0 amide bonds. The SMILES string of the molecule is COc1ccc(-c2nccc(CCO)c2CCc2ccccc2)cc1OC1CCCC1. The van der Waals surface area contributed by atoms with Gasteiger partial charge in [-0.2, -0.15) is 0 Å². The summed E-state index contributed by atoms with van der Waals surface area (Å²) in [6.07, 6.45) is 9.17. The quantitative estimate of drug-likeness (QED) is 0.507. The highest BCUT2D eigenvalue weighted by atomic mass is 16.5. The van der Waals surface area contributed by atoms with Crippen LogP contribution in [0.4, 0.5) is 0 Å². The molecule has 3 aromatic rings. The molecule has 4 rings (SSSR count). The predicted molar refractivity (Wildman–Crippen MR) is 124 cm³/mol. The molecule has 4 heteroatoms. The number of benzene rings is 2. The van der Waals surface area contributed by atoms with Crippen molar-refractivity contribution < 1.29 is 14.6 Å². The van der Waals surface area contributed by atoms with Gasteiger partial charge in [-0.25, -0.2) is 0 Å². The molecule has 2 aromatic carbocycles. The number of pyridine rings is 1. The van der Waals surface area contributed by atoms with Crippen LogP contribution in [0.5, 0.6) is 11.5 Å². The van der Waals surface area contributed by atoms with Gasteiger partial charge in [-0.15, -0.1) is 0 Å². The molecule has 1 fully saturated rings. The van der Waals surface area contributed by atoms with Gasteiger partial charge in [-0.1, -0.05) is 30.3 Å². The minimum Gasteiger partial charge on any atom is -0.493 e. The summed E-state index contributed by atoms with van der Waals surface area (Å²) < 4.78 is 11.9.